The van der Waals surface area contributed by atoms with E-state index in [1.807, 2.05) is 42.5 Å². The molecule has 0 atom stereocenters. The molecule has 0 aliphatic rings. The van der Waals surface area contributed by atoms with E-state index in [1.54, 1.807) is 4.68 Å². The SMILES string of the molecule is CCCCc1nc2ccc(NC(=O)Cn3nnc4ccccc43)cc2[nH]1. The highest BCUT2D eigenvalue weighted by Gasteiger charge is 2.10. The maximum absolute atomic E-state index is 12.4. The Morgan fingerprint density at radius 3 is 2.96 bits per heavy atom. The fraction of sp³-hybridized carbons (Fsp3) is 0.263. The molecule has 1 amide bonds. The summed E-state index contributed by atoms with van der Waals surface area (Å²) < 4.78 is 1.60. The van der Waals surface area contributed by atoms with Crippen LogP contribution in [0.15, 0.2) is 42.5 Å². The zero-order valence-corrected chi connectivity index (χ0v) is 14.6. The Morgan fingerprint density at radius 1 is 1.19 bits per heavy atom. The van der Waals surface area contributed by atoms with Crippen molar-refractivity contribution in [3.63, 3.8) is 0 Å². The molecule has 4 rings (SSSR count). The lowest BCUT2D eigenvalue weighted by molar-refractivity contribution is -0.116. The number of benzene rings is 2. The van der Waals surface area contributed by atoms with Crippen molar-refractivity contribution >= 4 is 33.7 Å². The van der Waals surface area contributed by atoms with Gasteiger partial charge in [-0.3, -0.25) is 4.79 Å². The van der Waals surface area contributed by atoms with Gasteiger partial charge in [-0.25, -0.2) is 9.67 Å². The van der Waals surface area contributed by atoms with Crippen LogP contribution in [0.25, 0.3) is 22.1 Å². The fourth-order valence-corrected chi connectivity index (χ4v) is 2.97. The third kappa shape index (κ3) is 3.28. The van der Waals surface area contributed by atoms with Crippen molar-refractivity contribution in [1.29, 1.82) is 0 Å². The third-order valence-electron chi connectivity index (χ3n) is 4.30. The van der Waals surface area contributed by atoms with Crippen LogP contribution in [0.2, 0.25) is 0 Å². The molecular formula is C19H20N6O. The third-order valence-corrected chi connectivity index (χ3v) is 4.30. The van der Waals surface area contributed by atoms with Gasteiger partial charge in [0.2, 0.25) is 5.91 Å². The molecule has 7 nitrogen and oxygen atoms in total. The molecule has 0 saturated heterocycles. The van der Waals surface area contributed by atoms with Crippen LogP contribution in [0, 0.1) is 0 Å². The molecule has 0 unspecified atom stereocenters. The maximum atomic E-state index is 12.4. The molecule has 0 fully saturated rings. The molecule has 132 valence electrons. The summed E-state index contributed by atoms with van der Waals surface area (Å²) in [5.41, 5.74) is 4.19. The van der Waals surface area contributed by atoms with Gasteiger partial charge in [0.25, 0.3) is 0 Å². The second-order valence-corrected chi connectivity index (χ2v) is 6.30. The molecule has 0 spiro atoms. The Labute approximate surface area is 150 Å². The van der Waals surface area contributed by atoms with Gasteiger partial charge in [-0.15, -0.1) is 5.10 Å². The van der Waals surface area contributed by atoms with Gasteiger partial charge < -0.3 is 10.3 Å². The first-order chi connectivity index (χ1) is 12.7. The van der Waals surface area contributed by atoms with Crippen LogP contribution in [0.3, 0.4) is 0 Å². The minimum Gasteiger partial charge on any atom is -0.342 e. The standard InChI is InChI=1S/C19H20N6O/c1-2-3-8-18-21-14-10-9-13(11-16(14)22-18)20-19(26)12-25-17-7-5-4-6-15(17)23-24-25/h4-7,9-11H,2-3,8,12H2,1H3,(H,20,26)(H,21,22). The molecule has 0 bridgehead atoms. The van der Waals surface area contributed by atoms with E-state index in [0.29, 0.717) is 0 Å². The predicted octanol–water partition coefficient (Wildman–Crippen LogP) is 3.29. The Kier molecular flexibility index (Phi) is 4.35. The van der Waals surface area contributed by atoms with Crippen LogP contribution in [0.5, 0.6) is 0 Å². The Balaban J connectivity index is 1.48. The van der Waals surface area contributed by atoms with Crippen molar-refractivity contribution in [2.75, 3.05) is 5.32 Å². The van der Waals surface area contributed by atoms with Crippen molar-refractivity contribution in [1.82, 2.24) is 25.0 Å². The van der Waals surface area contributed by atoms with Crippen LogP contribution in [0.4, 0.5) is 5.69 Å². The molecule has 0 aliphatic heterocycles. The number of aryl methyl sites for hydroxylation is 1. The van der Waals surface area contributed by atoms with E-state index < -0.39 is 0 Å². The number of hydrogen-bond acceptors (Lipinski definition) is 4. The summed E-state index contributed by atoms with van der Waals surface area (Å²) in [6, 6.07) is 13.3. The fourth-order valence-electron chi connectivity index (χ4n) is 2.97. The molecule has 0 radical (unpaired) electrons. The number of carbonyl (C=O) groups excluding carboxylic acids is 1. The normalized spacial score (nSPS) is 11.3. The summed E-state index contributed by atoms with van der Waals surface area (Å²) in [4.78, 5) is 20.3. The zero-order valence-electron chi connectivity index (χ0n) is 14.6. The van der Waals surface area contributed by atoms with Crippen LogP contribution < -0.4 is 5.32 Å². The van der Waals surface area contributed by atoms with Gasteiger partial charge in [-0.2, -0.15) is 0 Å². The number of carbonyl (C=O) groups is 1. The largest absolute Gasteiger partial charge is 0.342 e. The maximum Gasteiger partial charge on any atom is 0.246 e. The smallest absolute Gasteiger partial charge is 0.246 e. The summed E-state index contributed by atoms with van der Waals surface area (Å²) >= 11 is 0. The second-order valence-electron chi connectivity index (χ2n) is 6.30. The Hall–Kier alpha value is -3.22. The topological polar surface area (TPSA) is 88.5 Å². The molecule has 2 aromatic carbocycles. The van der Waals surface area contributed by atoms with Gasteiger partial charge in [0.15, 0.2) is 0 Å². The number of hydrogen-bond donors (Lipinski definition) is 2. The van der Waals surface area contributed by atoms with Crippen molar-refractivity contribution in [3.8, 4) is 0 Å². The number of H-pyrrole nitrogens is 1. The highest BCUT2D eigenvalue weighted by molar-refractivity contribution is 5.93. The molecule has 26 heavy (non-hydrogen) atoms. The number of para-hydroxylation sites is 1. The number of anilines is 1. The van der Waals surface area contributed by atoms with Crippen LogP contribution in [0.1, 0.15) is 25.6 Å². The average Bonchev–Trinajstić information content (AvgIpc) is 3.23. The molecule has 2 aromatic heterocycles. The van der Waals surface area contributed by atoms with Crippen molar-refractivity contribution in [2.45, 2.75) is 32.7 Å². The first kappa shape index (κ1) is 16.3. The predicted molar refractivity (Wildman–Crippen MR) is 101 cm³/mol. The highest BCUT2D eigenvalue weighted by Crippen LogP contribution is 2.18. The Morgan fingerprint density at radius 2 is 2.08 bits per heavy atom. The molecule has 2 heterocycles. The lowest BCUT2D eigenvalue weighted by Gasteiger charge is -2.05. The number of aromatic amines is 1. The lowest BCUT2D eigenvalue weighted by Crippen LogP contribution is -2.19. The number of rotatable bonds is 6. The van der Waals surface area contributed by atoms with E-state index in [0.717, 1.165) is 52.8 Å². The number of nitrogens with zero attached hydrogens (tertiary/aromatic N) is 4. The second kappa shape index (κ2) is 6.95. The van der Waals surface area contributed by atoms with E-state index >= 15 is 0 Å². The monoisotopic (exact) mass is 348 g/mol. The van der Waals surface area contributed by atoms with Crippen LogP contribution >= 0.6 is 0 Å². The number of unbranched alkanes of at least 4 members (excludes halogenated alkanes) is 1. The molecule has 2 N–H and O–H groups in total. The minimum absolute atomic E-state index is 0.114. The number of nitrogens with one attached hydrogen (secondary N) is 2. The van der Waals surface area contributed by atoms with E-state index in [1.165, 1.54) is 0 Å². The summed E-state index contributed by atoms with van der Waals surface area (Å²) in [7, 11) is 0. The van der Waals surface area contributed by atoms with Crippen LogP contribution in [-0.2, 0) is 17.8 Å². The highest BCUT2D eigenvalue weighted by atomic mass is 16.2. The minimum atomic E-state index is -0.147. The number of imidazole rings is 1. The summed E-state index contributed by atoms with van der Waals surface area (Å²) in [6.45, 7) is 2.28. The molecule has 7 heteroatoms. The average molecular weight is 348 g/mol. The molecular weight excluding hydrogens is 328 g/mol. The van der Waals surface area contributed by atoms with Crippen molar-refractivity contribution in [3.05, 3.63) is 48.3 Å². The number of aromatic nitrogens is 5. The van der Waals surface area contributed by atoms with Crippen molar-refractivity contribution in [2.24, 2.45) is 0 Å². The summed E-state index contributed by atoms with van der Waals surface area (Å²) in [5, 5.41) is 11.0. The molecule has 4 aromatic rings. The lowest BCUT2D eigenvalue weighted by atomic mass is 10.2. The van der Waals surface area contributed by atoms with Crippen molar-refractivity contribution < 1.29 is 4.79 Å². The summed E-state index contributed by atoms with van der Waals surface area (Å²) in [6.07, 6.45) is 3.18. The first-order valence-corrected chi connectivity index (χ1v) is 8.79. The van der Waals surface area contributed by atoms with E-state index in [-0.39, 0.29) is 12.5 Å². The van der Waals surface area contributed by atoms with Gasteiger partial charge in [0, 0.05) is 12.1 Å². The van der Waals surface area contributed by atoms with Gasteiger partial charge in [-0.1, -0.05) is 30.7 Å². The van der Waals surface area contributed by atoms with Crippen LogP contribution in [-0.4, -0.2) is 30.9 Å². The number of fused-ring (bicyclic) bond motifs is 2. The molecule has 0 saturated carbocycles. The summed E-state index contributed by atoms with van der Waals surface area (Å²) in [5.74, 6) is 0.838. The van der Waals surface area contributed by atoms with E-state index in [4.69, 9.17) is 0 Å². The zero-order chi connectivity index (χ0) is 17.9. The first-order valence-electron chi connectivity index (χ1n) is 8.79. The van der Waals surface area contributed by atoms with Gasteiger partial charge in [-0.05, 0) is 36.8 Å². The van der Waals surface area contributed by atoms with Gasteiger partial charge in [0.05, 0.1) is 16.6 Å². The van der Waals surface area contributed by atoms with Gasteiger partial charge in [0.1, 0.15) is 17.9 Å². The quantitative estimate of drug-likeness (QED) is 0.559. The van der Waals surface area contributed by atoms with E-state index in [2.05, 4.69) is 32.5 Å². The van der Waals surface area contributed by atoms with Gasteiger partial charge >= 0.3 is 0 Å². The number of amides is 1. The molecule has 0 aliphatic carbocycles. The van der Waals surface area contributed by atoms with E-state index in [9.17, 15) is 4.79 Å². The Bertz CT molecular complexity index is 1060.